The highest BCUT2D eigenvalue weighted by atomic mass is 35.5. The van der Waals surface area contributed by atoms with Gasteiger partial charge in [0.2, 0.25) is 0 Å². The van der Waals surface area contributed by atoms with E-state index in [2.05, 4.69) is 34.5 Å². The van der Waals surface area contributed by atoms with Gasteiger partial charge < -0.3 is 15.1 Å². The molecule has 1 N–H and O–H groups in total. The van der Waals surface area contributed by atoms with E-state index in [1.165, 1.54) is 28.8 Å². The predicted molar refractivity (Wildman–Crippen MR) is 147 cm³/mol. The number of benzene rings is 2. The minimum atomic E-state index is 0.112. The lowest BCUT2D eigenvalue weighted by Gasteiger charge is -2.38. The molecule has 2 aromatic carbocycles. The lowest BCUT2D eigenvalue weighted by molar-refractivity contribution is 0.0768. The van der Waals surface area contributed by atoms with E-state index < -0.39 is 0 Å². The van der Waals surface area contributed by atoms with Crippen molar-refractivity contribution in [1.82, 2.24) is 15.2 Å². The van der Waals surface area contributed by atoms with E-state index in [4.69, 9.17) is 16.6 Å². The molecular formula is C29H27ClN4OS. The first-order valence-corrected chi connectivity index (χ1v) is 13.9. The first-order valence-electron chi connectivity index (χ1n) is 12.7. The maximum absolute atomic E-state index is 13.0. The van der Waals surface area contributed by atoms with Gasteiger partial charge in [0.05, 0.1) is 16.8 Å². The average Bonchev–Trinajstić information content (AvgIpc) is 3.63. The fourth-order valence-electron chi connectivity index (χ4n) is 6.12. The summed E-state index contributed by atoms with van der Waals surface area (Å²) < 4.78 is 1.16. The summed E-state index contributed by atoms with van der Waals surface area (Å²) >= 11 is 8.43. The van der Waals surface area contributed by atoms with Crippen LogP contribution >= 0.6 is 22.9 Å². The molecule has 0 saturated carbocycles. The Morgan fingerprint density at radius 3 is 2.86 bits per heavy atom. The van der Waals surface area contributed by atoms with E-state index in [0.29, 0.717) is 19.1 Å². The Kier molecular flexibility index (Phi) is 5.49. The van der Waals surface area contributed by atoms with Gasteiger partial charge in [-0.3, -0.25) is 9.78 Å². The molecule has 0 radical (unpaired) electrons. The third kappa shape index (κ3) is 3.71. The zero-order chi connectivity index (χ0) is 24.2. The van der Waals surface area contributed by atoms with Crippen LogP contribution in [0.1, 0.15) is 39.2 Å². The highest BCUT2D eigenvalue weighted by Crippen LogP contribution is 2.44. The molecule has 4 aromatic rings. The van der Waals surface area contributed by atoms with Crippen LogP contribution in [0.4, 0.5) is 5.69 Å². The molecule has 7 heteroatoms. The van der Waals surface area contributed by atoms with Crippen LogP contribution in [0.3, 0.4) is 0 Å². The third-order valence-corrected chi connectivity index (χ3v) is 9.12. The SMILES string of the molecule is O=C1c2ccccc2CN1Cc1cc2nccc(-c3cc(Cl)cc4c3N(C3CCNC3)CCC4)c2s1. The van der Waals surface area contributed by atoms with Crippen molar-refractivity contribution >= 4 is 44.7 Å². The summed E-state index contributed by atoms with van der Waals surface area (Å²) in [6.45, 7) is 4.45. The zero-order valence-corrected chi connectivity index (χ0v) is 21.5. The smallest absolute Gasteiger partial charge is 0.254 e. The van der Waals surface area contributed by atoms with Gasteiger partial charge in [0.25, 0.3) is 5.91 Å². The first-order chi connectivity index (χ1) is 17.7. The van der Waals surface area contributed by atoms with Crippen LogP contribution in [0, 0.1) is 0 Å². The summed E-state index contributed by atoms with van der Waals surface area (Å²) in [6.07, 6.45) is 5.29. The molecule has 3 aliphatic heterocycles. The van der Waals surface area contributed by atoms with Crippen molar-refractivity contribution in [1.29, 1.82) is 0 Å². The topological polar surface area (TPSA) is 48.5 Å². The molecule has 36 heavy (non-hydrogen) atoms. The molecule has 5 heterocycles. The number of thiophene rings is 1. The fraction of sp³-hybridized carbons (Fsp3) is 0.310. The monoisotopic (exact) mass is 514 g/mol. The molecule has 7 rings (SSSR count). The number of anilines is 1. The van der Waals surface area contributed by atoms with Crippen molar-refractivity contribution in [2.24, 2.45) is 0 Å². The first kappa shape index (κ1) is 22.3. The van der Waals surface area contributed by atoms with Crippen LogP contribution in [-0.4, -0.2) is 41.5 Å². The highest BCUT2D eigenvalue weighted by molar-refractivity contribution is 7.19. The second kappa shape index (κ2) is 8.87. The number of rotatable bonds is 4. The maximum atomic E-state index is 13.0. The number of nitrogens with one attached hydrogen (secondary N) is 1. The van der Waals surface area contributed by atoms with Gasteiger partial charge >= 0.3 is 0 Å². The Hall–Kier alpha value is -2.93. The number of aryl methyl sites for hydroxylation is 1. The molecule has 3 aliphatic rings. The second-order valence-corrected chi connectivity index (χ2v) is 11.6. The van der Waals surface area contributed by atoms with Crippen LogP contribution in [-0.2, 0) is 19.5 Å². The van der Waals surface area contributed by atoms with E-state index >= 15 is 0 Å². The molecule has 182 valence electrons. The summed E-state index contributed by atoms with van der Waals surface area (Å²) in [6, 6.07) is 17.0. The molecule has 0 spiro atoms. The van der Waals surface area contributed by atoms with Crippen LogP contribution in [0.25, 0.3) is 21.3 Å². The quantitative estimate of drug-likeness (QED) is 0.369. The van der Waals surface area contributed by atoms with E-state index in [9.17, 15) is 4.79 Å². The fourth-order valence-corrected chi connectivity index (χ4v) is 7.52. The van der Waals surface area contributed by atoms with Gasteiger partial charge in [-0.25, -0.2) is 0 Å². The molecule has 2 aromatic heterocycles. The van der Waals surface area contributed by atoms with Crippen molar-refractivity contribution in [2.75, 3.05) is 24.5 Å². The molecule has 0 aliphatic carbocycles. The number of aromatic nitrogens is 1. The number of nitrogens with zero attached hydrogens (tertiary/aromatic N) is 3. The van der Waals surface area contributed by atoms with E-state index in [0.717, 1.165) is 63.7 Å². The van der Waals surface area contributed by atoms with Crippen LogP contribution in [0.5, 0.6) is 0 Å². The zero-order valence-electron chi connectivity index (χ0n) is 20.0. The number of hydrogen-bond donors (Lipinski definition) is 1. The summed E-state index contributed by atoms with van der Waals surface area (Å²) in [5.74, 6) is 0.112. The standard InChI is InChI=1S/C29H27ClN4OS/c30-20-12-18-5-3-11-34(21-7-9-31-15-21)27(18)25(13-20)24-8-10-32-26-14-22(36-28(24)26)17-33-16-19-4-1-2-6-23(19)29(33)35/h1-2,4,6,8,10,12-14,21,31H,3,5,7,9,11,15-17H2. The van der Waals surface area contributed by atoms with Gasteiger partial charge in [0.1, 0.15) is 0 Å². The van der Waals surface area contributed by atoms with Gasteiger partial charge in [-0.2, -0.15) is 0 Å². The van der Waals surface area contributed by atoms with Gasteiger partial charge in [0, 0.05) is 64.2 Å². The van der Waals surface area contributed by atoms with Crippen molar-refractivity contribution in [3.8, 4) is 11.1 Å². The normalized spacial score (nSPS) is 19.2. The second-order valence-electron chi connectivity index (χ2n) is 10.0. The summed E-state index contributed by atoms with van der Waals surface area (Å²) in [5, 5.41) is 4.33. The van der Waals surface area contributed by atoms with E-state index in [1.54, 1.807) is 11.3 Å². The molecule has 1 unspecified atom stereocenters. The van der Waals surface area contributed by atoms with Crippen LogP contribution in [0.15, 0.2) is 54.7 Å². The summed E-state index contributed by atoms with van der Waals surface area (Å²) in [7, 11) is 0. The third-order valence-electron chi connectivity index (χ3n) is 7.76. The van der Waals surface area contributed by atoms with Gasteiger partial charge in [-0.1, -0.05) is 29.8 Å². The Bertz CT molecular complexity index is 1490. The number of amides is 1. The minimum Gasteiger partial charge on any atom is -0.366 e. The minimum absolute atomic E-state index is 0.112. The number of carbonyl (C=O) groups excluding carboxylic acids is 1. The molecule has 1 saturated heterocycles. The Labute approximate surface area is 219 Å². The highest BCUT2D eigenvalue weighted by Gasteiger charge is 2.31. The Morgan fingerprint density at radius 1 is 1.08 bits per heavy atom. The average molecular weight is 515 g/mol. The van der Waals surface area contributed by atoms with E-state index in [-0.39, 0.29) is 5.91 Å². The van der Waals surface area contributed by atoms with Crippen molar-refractivity contribution in [3.63, 3.8) is 0 Å². The van der Waals surface area contributed by atoms with E-state index in [1.807, 2.05) is 35.4 Å². The van der Waals surface area contributed by atoms with Gasteiger partial charge in [-0.05, 0) is 67.3 Å². The predicted octanol–water partition coefficient (Wildman–Crippen LogP) is 5.89. The molecule has 1 fully saturated rings. The van der Waals surface area contributed by atoms with Crippen molar-refractivity contribution in [2.45, 2.75) is 38.4 Å². The lowest BCUT2D eigenvalue weighted by atomic mass is 9.92. The number of halogens is 1. The summed E-state index contributed by atoms with van der Waals surface area (Å²) in [5.41, 5.74) is 7.98. The largest absolute Gasteiger partial charge is 0.366 e. The number of fused-ring (bicyclic) bond motifs is 3. The molecule has 1 amide bonds. The molecular weight excluding hydrogens is 488 g/mol. The van der Waals surface area contributed by atoms with Crippen molar-refractivity contribution in [3.05, 3.63) is 81.3 Å². The molecule has 5 nitrogen and oxygen atoms in total. The van der Waals surface area contributed by atoms with Gasteiger partial charge in [0.15, 0.2) is 0 Å². The van der Waals surface area contributed by atoms with Crippen LogP contribution < -0.4 is 10.2 Å². The number of pyridine rings is 1. The molecule has 1 atom stereocenters. The van der Waals surface area contributed by atoms with Crippen molar-refractivity contribution < 1.29 is 4.79 Å². The van der Waals surface area contributed by atoms with Gasteiger partial charge in [-0.15, -0.1) is 11.3 Å². The number of hydrogen-bond acceptors (Lipinski definition) is 5. The maximum Gasteiger partial charge on any atom is 0.254 e. The summed E-state index contributed by atoms with van der Waals surface area (Å²) in [4.78, 5) is 23.4. The molecule has 0 bridgehead atoms. The Balaban J connectivity index is 1.29. The van der Waals surface area contributed by atoms with Crippen LogP contribution in [0.2, 0.25) is 5.02 Å². The lowest BCUT2D eigenvalue weighted by Crippen LogP contribution is -2.40. The Morgan fingerprint density at radius 2 is 2.00 bits per heavy atom. The number of carbonyl (C=O) groups is 1.